The van der Waals surface area contributed by atoms with Crippen LogP contribution in [0.25, 0.3) is 16.7 Å². The molecular weight excluding hydrogens is 298 g/mol. The second-order valence-corrected chi connectivity index (χ2v) is 5.96. The van der Waals surface area contributed by atoms with E-state index in [0.717, 1.165) is 22.3 Å². The summed E-state index contributed by atoms with van der Waals surface area (Å²) < 4.78 is 0. The maximum absolute atomic E-state index is 12.3. The molecule has 1 amide bonds. The third kappa shape index (κ3) is 2.48. The van der Waals surface area contributed by atoms with Crippen LogP contribution in [0.2, 0.25) is 5.02 Å². The third-order valence-electron chi connectivity index (χ3n) is 3.92. The molecule has 2 aromatic rings. The van der Waals surface area contributed by atoms with Gasteiger partial charge in [0.1, 0.15) is 5.76 Å². The van der Waals surface area contributed by atoms with Crippen molar-refractivity contribution in [1.29, 1.82) is 0 Å². The van der Waals surface area contributed by atoms with E-state index in [2.05, 4.69) is 0 Å². The fourth-order valence-corrected chi connectivity index (χ4v) is 2.80. The average Bonchev–Trinajstić information content (AvgIpc) is 2.74. The van der Waals surface area contributed by atoms with E-state index >= 15 is 0 Å². The van der Waals surface area contributed by atoms with Crippen molar-refractivity contribution in [2.75, 3.05) is 13.6 Å². The van der Waals surface area contributed by atoms with Crippen LogP contribution in [0.1, 0.15) is 11.1 Å². The molecule has 1 aliphatic rings. The fraction of sp³-hybridized carbons (Fsp3) is 0.167. The van der Waals surface area contributed by atoms with Gasteiger partial charge in [-0.05, 0) is 47.4 Å². The Balaban J connectivity index is 2.10. The summed E-state index contributed by atoms with van der Waals surface area (Å²) in [5.41, 5.74) is 4.14. The highest BCUT2D eigenvalue weighted by Crippen LogP contribution is 2.32. The van der Waals surface area contributed by atoms with Gasteiger partial charge < -0.3 is 10.0 Å². The summed E-state index contributed by atoms with van der Waals surface area (Å²) in [6.07, 6.45) is 0. The van der Waals surface area contributed by atoms with Crippen molar-refractivity contribution in [3.63, 3.8) is 0 Å². The van der Waals surface area contributed by atoms with Gasteiger partial charge in [-0.1, -0.05) is 35.9 Å². The van der Waals surface area contributed by atoms with Crippen LogP contribution in [0.4, 0.5) is 0 Å². The summed E-state index contributed by atoms with van der Waals surface area (Å²) in [5, 5.41) is 10.8. The predicted octanol–water partition coefficient (Wildman–Crippen LogP) is 4.06. The molecule has 0 spiro atoms. The van der Waals surface area contributed by atoms with E-state index in [4.69, 9.17) is 11.6 Å². The van der Waals surface area contributed by atoms with Gasteiger partial charge in [0.05, 0.1) is 12.1 Å². The van der Waals surface area contributed by atoms with Crippen molar-refractivity contribution >= 4 is 23.1 Å². The normalized spacial score (nSPS) is 14.9. The molecule has 0 unspecified atom stereocenters. The van der Waals surface area contributed by atoms with E-state index in [0.29, 0.717) is 10.6 Å². The molecule has 0 bridgehead atoms. The van der Waals surface area contributed by atoms with Crippen LogP contribution in [-0.4, -0.2) is 29.5 Å². The van der Waals surface area contributed by atoms with E-state index < -0.39 is 0 Å². The number of nitrogens with zero attached hydrogens (tertiary/aromatic N) is 1. The Morgan fingerprint density at radius 2 is 1.73 bits per heavy atom. The lowest BCUT2D eigenvalue weighted by Crippen LogP contribution is -2.21. The van der Waals surface area contributed by atoms with Crippen LogP contribution in [0, 0.1) is 6.92 Å². The van der Waals surface area contributed by atoms with Crippen LogP contribution >= 0.6 is 11.6 Å². The lowest BCUT2D eigenvalue weighted by molar-refractivity contribution is -0.122. The van der Waals surface area contributed by atoms with Gasteiger partial charge in [-0.15, -0.1) is 0 Å². The second kappa shape index (κ2) is 5.50. The zero-order chi connectivity index (χ0) is 15.9. The smallest absolute Gasteiger partial charge is 0.258 e. The maximum Gasteiger partial charge on any atom is 0.258 e. The topological polar surface area (TPSA) is 40.5 Å². The van der Waals surface area contributed by atoms with Crippen molar-refractivity contribution in [1.82, 2.24) is 4.90 Å². The molecular formula is C18H16ClNO2. The van der Waals surface area contributed by atoms with Gasteiger partial charge in [-0.25, -0.2) is 0 Å². The molecule has 22 heavy (non-hydrogen) atoms. The number of likely N-dealkylation sites (N-methyl/N-ethyl adjacent to an activating group) is 1. The molecule has 1 aliphatic heterocycles. The zero-order valence-corrected chi connectivity index (χ0v) is 13.2. The molecule has 0 aliphatic carbocycles. The van der Waals surface area contributed by atoms with Crippen LogP contribution in [0.15, 0.2) is 48.2 Å². The first-order valence-electron chi connectivity index (χ1n) is 7.02. The van der Waals surface area contributed by atoms with Gasteiger partial charge in [0, 0.05) is 12.1 Å². The lowest BCUT2D eigenvalue weighted by atomic mass is 9.95. The zero-order valence-electron chi connectivity index (χ0n) is 12.4. The van der Waals surface area contributed by atoms with E-state index in [-0.39, 0.29) is 18.2 Å². The maximum atomic E-state index is 12.3. The number of aliphatic hydroxyl groups excluding tert-OH is 1. The fourth-order valence-electron chi connectivity index (χ4n) is 2.67. The highest BCUT2D eigenvalue weighted by Gasteiger charge is 2.29. The first kappa shape index (κ1) is 14.7. The average molecular weight is 314 g/mol. The quantitative estimate of drug-likeness (QED) is 0.908. The van der Waals surface area contributed by atoms with Gasteiger partial charge in [-0.3, -0.25) is 4.79 Å². The first-order valence-corrected chi connectivity index (χ1v) is 7.39. The summed E-state index contributed by atoms with van der Waals surface area (Å²) in [6.45, 7) is 2.20. The molecule has 0 aromatic heterocycles. The number of carbonyl (C=O) groups excluding carboxylic acids is 1. The largest absolute Gasteiger partial charge is 0.510 e. The molecule has 2 aromatic carbocycles. The van der Waals surface area contributed by atoms with Crippen molar-refractivity contribution in [3.8, 4) is 11.1 Å². The number of carbonyl (C=O) groups is 1. The van der Waals surface area contributed by atoms with Gasteiger partial charge in [0.25, 0.3) is 5.91 Å². The molecule has 3 rings (SSSR count). The monoisotopic (exact) mass is 313 g/mol. The van der Waals surface area contributed by atoms with Gasteiger partial charge in [0.15, 0.2) is 0 Å². The van der Waals surface area contributed by atoms with Crippen LogP contribution in [0.5, 0.6) is 0 Å². The molecule has 0 saturated heterocycles. The Hall–Kier alpha value is -2.26. The number of halogens is 1. The second-order valence-electron chi connectivity index (χ2n) is 5.52. The SMILES string of the molecule is Cc1ccc(-c2ccc(Cl)cc2)cc1C1=C(O)CN(C)C1=O. The van der Waals surface area contributed by atoms with Crippen LogP contribution < -0.4 is 0 Å². The number of aryl methyl sites for hydroxylation is 1. The molecule has 0 fully saturated rings. The molecule has 112 valence electrons. The van der Waals surface area contributed by atoms with E-state index in [1.807, 2.05) is 49.4 Å². The minimum Gasteiger partial charge on any atom is -0.510 e. The van der Waals surface area contributed by atoms with Crippen molar-refractivity contribution in [3.05, 3.63) is 64.4 Å². The molecule has 0 radical (unpaired) electrons. The number of hydrogen-bond donors (Lipinski definition) is 1. The Bertz CT molecular complexity index is 778. The molecule has 0 atom stereocenters. The molecule has 4 heteroatoms. The number of aliphatic hydroxyl groups is 1. The predicted molar refractivity (Wildman–Crippen MR) is 88.8 cm³/mol. The summed E-state index contributed by atoms with van der Waals surface area (Å²) in [7, 11) is 1.68. The molecule has 0 saturated carbocycles. The molecule has 3 nitrogen and oxygen atoms in total. The number of rotatable bonds is 2. The van der Waals surface area contributed by atoms with Gasteiger partial charge in [0.2, 0.25) is 0 Å². The van der Waals surface area contributed by atoms with Gasteiger partial charge in [-0.2, -0.15) is 0 Å². The minimum atomic E-state index is -0.145. The Morgan fingerprint density at radius 3 is 2.32 bits per heavy atom. The standard InChI is InChI=1S/C18H16ClNO2/c1-11-3-4-13(12-5-7-14(19)8-6-12)9-15(11)17-16(21)10-20(2)18(17)22/h3-9,21H,10H2,1-2H3. The Labute approximate surface area is 134 Å². The van der Waals surface area contributed by atoms with Crippen molar-refractivity contribution < 1.29 is 9.90 Å². The third-order valence-corrected chi connectivity index (χ3v) is 4.17. The molecule has 1 heterocycles. The van der Waals surface area contributed by atoms with Gasteiger partial charge >= 0.3 is 0 Å². The Kier molecular flexibility index (Phi) is 3.67. The Morgan fingerprint density at radius 1 is 1.09 bits per heavy atom. The van der Waals surface area contributed by atoms with Crippen LogP contribution in [-0.2, 0) is 4.79 Å². The van der Waals surface area contributed by atoms with Crippen molar-refractivity contribution in [2.24, 2.45) is 0 Å². The summed E-state index contributed by atoms with van der Waals surface area (Å²) in [4.78, 5) is 13.8. The van der Waals surface area contributed by atoms with E-state index in [9.17, 15) is 9.90 Å². The lowest BCUT2D eigenvalue weighted by Gasteiger charge is -2.11. The number of amides is 1. The van der Waals surface area contributed by atoms with Crippen molar-refractivity contribution in [2.45, 2.75) is 6.92 Å². The first-order chi connectivity index (χ1) is 10.5. The highest BCUT2D eigenvalue weighted by atomic mass is 35.5. The van der Waals surface area contributed by atoms with E-state index in [1.54, 1.807) is 7.05 Å². The summed E-state index contributed by atoms with van der Waals surface area (Å²) >= 11 is 5.92. The summed E-state index contributed by atoms with van der Waals surface area (Å²) in [6, 6.07) is 13.5. The minimum absolute atomic E-state index is 0.129. The number of benzene rings is 2. The van der Waals surface area contributed by atoms with Crippen LogP contribution in [0.3, 0.4) is 0 Å². The number of hydrogen-bond acceptors (Lipinski definition) is 2. The highest BCUT2D eigenvalue weighted by molar-refractivity contribution is 6.30. The molecule has 1 N–H and O–H groups in total. The van der Waals surface area contributed by atoms with E-state index in [1.165, 1.54) is 4.90 Å². The summed E-state index contributed by atoms with van der Waals surface area (Å²) in [5.74, 6) is -0.0160.